The van der Waals surface area contributed by atoms with Gasteiger partial charge in [0, 0.05) is 38.8 Å². The van der Waals surface area contributed by atoms with E-state index in [2.05, 4.69) is 17.3 Å². The summed E-state index contributed by atoms with van der Waals surface area (Å²) in [6.45, 7) is 7.00. The Morgan fingerprint density at radius 3 is 2.56 bits per heavy atom. The topological polar surface area (TPSA) is 44.8 Å². The van der Waals surface area contributed by atoms with Gasteiger partial charge in [0.1, 0.15) is 0 Å². The highest BCUT2D eigenvalue weighted by Gasteiger charge is 2.30. The lowest BCUT2D eigenvalue weighted by Gasteiger charge is -2.37. The third kappa shape index (κ3) is 3.67. The lowest BCUT2D eigenvalue weighted by Crippen LogP contribution is -2.52. The highest BCUT2D eigenvalue weighted by molar-refractivity contribution is 5.78. The Labute approximate surface area is 109 Å². The minimum Gasteiger partial charge on any atom is -0.378 e. The second-order valence-corrected chi connectivity index (χ2v) is 5.31. The number of nitrogens with one attached hydrogen (secondary N) is 1. The number of hydrogen-bond acceptors (Lipinski definition) is 4. The molecule has 2 rings (SSSR count). The van der Waals surface area contributed by atoms with Crippen molar-refractivity contribution in [1.82, 2.24) is 15.1 Å². The van der Waals surface area contributed by atoms with Gasteiger partial charge in [0.25, 0.3) is 0 Å². The van der Waals surface area contributed by atoms with Crippen LogP contribution in [0.4, 0.5) is 0 Å². The predicted octanol–water partition coefficient (Wildman–Crippen LogP) is -0.0825. The summed E-state index contributed by atoms with van der Waals surface area (Å²) in [4.78, 5) is 16.2. The summed E-state index contributed by atoms with van der Waals surface area (Å²) in [7, 11) is 2.10. The van der Waals surface area contributed by atoms with Crippen molar-refractivity contribution in [1.29, 1.82) is 0 Å². The van der Waals surface area contributed by atoms with Gasteiger partial charge in [0.05, 0.1) is 12.6 Å². The normalized spacial score (nSPS) is 29.1. The van der Waals surface area contributed by atoms with E-state index < -0.39 is 0 Å². The van der Waals surface area contributed by atoms with Gasteiger partial charge in [0.15, 0.2) is 0 Å². The quantitative estimate of drug-likeness (QED) is 0.746. The maximum atomic E-state index is 12.0. The zero-order chi connectivity index (χ0) is 13.0. The molecule has 0 aromatic rings. The Kier molecular flexibility index (Phi) is 4.97. The Morgan fingerprint density at radius 1 is 1.28 bits per heavy atom. The summed E-state index contributed by atoms with van der Waals surface area (Å²) in [5, 5.41) is 3.33. The summed E-state index contributed by atoms with van der Waals surface area (Å²) in [5.74, 6) is 0.239. The minimum atomic E-state index is 0.239. The molecule has 0 spiro atoms. The average molecular weight is 255 g/mol. The molecule has 0 bridgehead atoms. The molecule has 0 aromatic carbocycles. The van der Waals surface area contributed by atoms with Crippen LogP contribution in [0, 0.1) is 0 Å². The highest BCUT2D eigenvalue weighted by atomic mass is 16.5. The van der Waals surface area contributed by atoms with E-state index in [-0.39, 0.29) is 5.91 Å². The maximum absolute atomic E-state index is 12.0. The van der Waals surface area contributed by atoms with Crippen molar-refractivity contribution in [2.75, 3.05) is 46.4 Å². The summed E-state index contributed by atoms with van der Waals surface area (Å²) >= 11 is 0. The molecule has 1 aliphatic heterocycles. The molecule has 0 aromatic heterocycles. The fourth-order valence-corrected chi connectivity index (χ4v) is 2.50. The molecule has 0 unspecified atom stereocenters. The molecule has 1 saturated heterocycles. The number of ether oxygens (including phenoxy) is 1. The van der Waals surface area contributed by atoms with Crippen molar-refractivity contribution < 1.29 is 9.53 Å². The first kappa shape index (κ1) is 13.8. The minimum absolute atomic E-state index is 0.239. The first-order chi connectivity index (χ1) is 8.69. The Hall–Kier alpha value is -0.650. The molecule has 1 saturated carbocycles. The van der Waals surface area contributed by atoms with Crippen molar-refractivity contribution in [3.63, 3.8) is 0 Å². The van der Waals surface area contributed by atoms with Crippen LogP contribution in [-0.2, 0) is 9.53 Å². The largest absolute Gasteiger partial charge is 0.378 e. The van der Waals surface area contributed by atoms with Crippen LogP contribution in [0.3, 0.4) is 0 Å². The lowest BCUT2D eigenvalue weighted by atomic mass is 9.89. The van der Waals surface area contributed by atoms with Crippen LogP contribution in [0.2, 0.25) is 0 Å². The van der Waals surface area contributed by atoms with Gasteiger partial charge < -0.3 is 19.9 Å². The van der Waals surface area contributed by atoms with Gasteiger partial charge in [-0.05, 0) is 26.8 Å². The molecule has 5 nitrogen and oxygen atoms in total. The van der Waals surface area contributed by atoms with E-state index in [1.807, 2.05) is 11.8 Å². The summed E-state index contributed by atoms with van der Waals surface area (Å²) < 4.78 is 5.50. The number of piperazine rings is 1. The fraction of sp³-hybridized carbons (Fsp3) is 0.923. The van der Waals surface area contributed by atoms with Crippen LogP contribution in [-0.4, -0.2) is 74.2 Å². The van der Waals surface area contributed by atoms with Gasteiger partial charge in [-0.2, -0.15) is 0 Å². The van der Waals surface area contributed by atoms with Crippen molar-refractivity contribution >= 4 is 5.91 Å². The van der Waals surface area contributed by atoms with E-state index in [0.29, 0.717) is 18.7 Å². The number of carbonyl (C=O) groups excluding carboxylic acids is 1. The number of carbonyl (C=O) groups is 1. The standard InChI is InChI=1S/C13H25N3O2/c1-3-18-12-8-11(9-12)14-10-13(17)16-6-4-15(2)5-7-16/h11-12,14H,3-10H2,1-2H3. The number of likely N-dealkylation sites (N-methyl/N-ethyl adjacent to an activating group) is 1. The molecular formula is C13H25N3O2. The molecule has 2 aliphatic rings. The smallest absolute Gasteiger partial charge is 0.236 e. The molecule has 1 N–H and O–H groups in total. The van der Waals surface area contributed by atoms with Crippen molar-refractivity contribution in [3.05, 3.63) is 0 Å². The number of nitrogens with zero attached hydrogens (tertiary/aromatic N) is 2. The van der Waals surface area contributed by atoms with E-state index in [4.69, 9.17) is 4.74 Å². The number of rotatable bonds is 5. The second-order valence-electron chi connectivity index (χ2n) is 5.31. The SMILES string of the molecule is CCOC1CC(NCC(=O)N2CCN(C)CC2)C1. The summed E-state index contributed by atoms with van der Waals surface area (Å²) in [6, 6.07) is 0.470. The van der Waals surface area contributed by atoms with Crippen LogP contribution in [0.25, 0.3) is 0 Å². The van der Waals surface area contributed by atoms with Crippen LogP contribution in [0.1, 0.15) is 19.8 Å². The molecule has 5 heteroatoms. The van der Waals surface area contributed by atoms with E-state index in [1.54, 1.807) is 0 Å². The molecular weight excluding hydrogens is 230 g/mol. The average Bonchev–Trinajstić information content (AvgIpc) is 2.32. The lowest BCUT2D eigenvalue weighted by molar-refractivity contribution is -0.132. The van der Waals surface area contributed by atoms with Gasteiger partial charge in [-0.15, -0.1) is 0 Å². The Morgan fingerprint density at radius 2 is 1.94 bits per heavy atom. The Bertz CT molecular complexity index is 271. The van der Waals surface area contributed by atoms with E-state index in [0.717, 1.165) is 45.6 Å². The van der Waals surface area contributed by atoms with Crippen LogP contribution in [0.15, 0.2) is 0 Å². The summed E-state index contributed by atoms with van der Waals surface area (Å²) in [6.07, 6.45) is 2.50. The third-order valence-electron chi connectivity index (χ3n) is 3.90. The Balaban J connectivity index is 1.58. The van der Waals surface area contributed by atoms with Gasteiger partial charge in [-0.25, -0.2) is 0 Å². The van der Waals surface area contributed by atoms with E-state index >= 15 is 0 Å². The molecule has 104 valence electrons. The van der Waals surface area contributed by atoms with Crippen LogP contribution < -0.4 is 5.32 Å². The van der Waals surface area contributed by atoms with E-state index in [1.165, 1.54) is 0 Å². The number of amides is 1. The van der Waals surface area contributed by atoms with Crippen molar-refractivity contribution in [2.45, 2.75) is 31.9 Å². The van der Waals surface area contributed by atoms with Gasteiger partial charge >= 0.3 is 0 Å². The first-order valence-corrected chi connectivity index (χ1v) is 7.00. The summed E-state index contributed by atoms with van der Waals surface area (Å²) in [5.41, 5.74) is 0. The monoisotopic (exact) mass is 255 g/mol. The molecule has 1 amide bonds. The fourth-order valence-electron chi connectivity index (χ4n) is 2.50. The number of hydrogen-bond donors (Lipinski definition) is 1. The molecule has 0 atom stereocenters. The van der Waals surface area contributed by atoms with Gasteiger partial charge in [0.2, 0.25) is 5.91 Å². The molecule has 2 fully saturated rings. The predicted molar refractivity (Wildman–Crippen MR) is 70.5 cm³/mol. The second kappa shape index (κ2) is 6.50. The van der Waals surface area contributed by atoms with Gasteiger partial charge in [-0.1, -0.05) is 0 Å². The molecule has 1 heterocycles. The molecule has 18 heavy (non-hydrogen) atoms. The van der Waals surface area contributed by atoms with E-state index in [9.17, 15) is 4.79 Å². The zero-order valence-electron chi connectivity index (χ0n) is 11.5. The van der Waals surface area contributed by atoms with Crippen LogP contribution in [0.5, 0.6) is 0 Å². The highest BCUT2D eigenvalue weighted by Crippen LogP contribution is 2.22. The van der Waals surface area contributed by atoms with Gasteiger partial charge in [-0.3, -0.25) is 4.79 Å². The first-order valence-electron chi connectivity index (χ1n) is 7.00. The molecule has 1 aliphatic carbocycles. The van der Waals surface area contributed by atoms with Crippen molar-refractivity contribution in [2.24, 2.45) is 0 Å². The van der Waals surface area contributed by atoms with Crippen LogP contribution >= 0.6 is 0 Å². The molecule has 0 radical (unpaired) electrons. The zero-order valence-corrected chi connectivity index (χ0v) is 11.5. The maximum Gasteiger partial charge on any atom is 0.236 e. The third-order valence-corrected chi connectivity index (χ3v) is 3.90. The van der Waals surface area contributed by atoms with Crippen molar-refractivity contribution in [3.8, 4) is 0 Å².